The van der Waals surface area contributed by atoms with Gasteiger partial charge < -0.3 is 4.74 Å². The Balaban J connectivity index is 1.93. The fraction of sp³-hybridized carbons (Fsp3) is 0.556. The van der Waals surface area contributed by atoms with E-state index in [1.54, 1.807) is 26.2 Å². The van der Waals surface area contributed by atoms with Crippen LogP contribution in [0.3, 0.4) is 0 Å². The van der Waals surface area contributed by atoms with Crippen molar-refractivity contribution < 1.29 is 17.9 Å². The maximum atomic E-state index is 13.3. The summed E-state index contributed by atoms with van der Waals surface area (Å²) in [6.07, 6.45) is 0. The topological polar surface area (TPSA) is 93.8 Å². The number of hydrogen-bond donors (Lipinski definition) is 0. The molecule has 1 saturated heterocycles. The lowest BCUT2D eigenvalue weighted by Crippen LogP contribution is -2.59. The van der Waals surface area contributed by atoms with E-state index >= 15 is 0 Å². The van der Waals surface area contributed by atoms with Crippen molar-refractivity contribution in [2.24, 2.45) is 14.1 Å². The summed E-state index contributed by atoms with van der Waals surface area (Å²) in [5.74, 6) is -0.342. The molecular formula is C18H26N4O5S. The second-order valence-corrected chi connectivity index (χ2v) is 9.09. The minimum atomic E-state index is -3.75. The van der Waals surface area contributed by atoms with Crippen LogP contribution in [0.1, 0.15) is 13.8 Å². The van der Waals surface area contributed by atoms with Crippen LogP contribution in [0.4, 0.5) is 0 Å². The number of esters is 1. The number of methoxy groups -OCH3 is 1. The molecule has 0 radical (unpaired) electrons. The van der Waals surface area contributed by atoms with E-state index in [1.165, 1.54) is 26.6 Å². The Hall–Kier alpha value is -2.17. The van der Waals surface area contributed by atoms with Gasteiger partial charge in [-0.05, 0) is 32.0 Å². The molecule has 0 unspecified atom stereocenters. The number of ether oxygens (including phenoxy) is 1. The second kappa shape index (κ2) is 7.34. The van der Waals surface area contributed by atoms with Gasteiger partial charge in [0.15, 0.2) is 0 Å². The number of carbonyl (C=O) groups excluding carboxylic acids is 1. The zero-order chi connectivity index (χ0) is 20.8. The van der Waals surface area contributed by atoms with Gasteiger partial charge in [0.2, 0.25) is 10.0 Å². The summed E-state index contributed by atoms with van der Waals surface area (Å²) in [7, 11) is 0.868. The van der Waals surface area contributed by atoms with Gasteiger partial charge in [-0.2, -0.15) is 4.31 Å². The second-order valence-electron chi connectivity index (χ2n) is 7.19. The van der Waals surface area contributed by atoms with E-state index in [0.29, 0.717) is 17.6 Å². The molecule has 10 heteroatoms. The summed E-state index contributed by atoms with van der Waals surface area (Å²) < 4.78 is 35.7. The fourth-order valence-corrected chi connectivity index (χ4v) is 5.46. The molecule has 0 spiro atoms. The number of benzene rings is 1. The average Bonchev–Trinajstić information content (AvgIpc) is 2.89. The number of imidazole rings is 1. The Labute approximate surface area is 164 Å². The number of sulfonamides is 1. The van der Waals surface area contributed by atoms with E-state index < -0.39 is 10.0 Å². The first-order valence-electron chi connectivity index (χ1n) is 9.07. The van der Waals surface area contributed by atoms with E-state index in [-0.39, 0.29) is 41.7 Å². The maximum absolute atomic E-state index is 13.3. The minimum Gasteiger partial charge on any atom is -0.468 e. The van der Waals surface area contributed by atoms with Crippen LogP contribution in [0, 0.1) is 0 Å². The summed E-state index contributed by atoms with van der Waals surface area (Å²) in [6, 6.07) is 4.27. The van der Waals surface area contributed by atoms with Gasteiger partial charge >= 0.3 is 11.7 Å². The van der Waals surface area contributed by atoms with Gasteiger partial charge in [0.1, 0.15) is 0 Å². The summed E-state index contributed by atoms with van der Waals surface area (Å²) in [5, 5.41) is 0. The lowest BCUT2D eigenvalue weighted by atomic mass is 10.1. The number of piperazine rings is 1. The van der Waals surface area contributed by atoms with E-state index in [1.807, 2.05) is 18.7 Å². The highest BCUT2D eigenvalue weighted by Gasteiger charge is 2.38. The minimum absolute atomic E-state index is 0.133. The Morgan fingerprint density at radius 1 is 1.11 bits per heavy atom. The van der Waals surface area contributed by atoms with Gasteiger partial charge in [-0.15, -0.1) is 0 Å². The van der Waals surface area contributed by atoms with Crippen molar-refractivity contribution in [2.75, 3.05) is 26.7 Å². The molecule has 0 bridgehead atoms. The highest BCUT2D eigenvalue weighted by molar-refractivity contribution is 7.89. The van der Waals surface area contributed by atoms with Crippen LogP contribution in [-0.4, -0.2) is 71.6 Å². The van der Waals surface area contributed by atoms with Crippen molar-refractivity contribution in [3.05, 3.63) is 28.7 Å². The Morgan fingerprint density at radius 3 is 2.39 bits per heavy atom. The molecule has 1 fully saturated rings. The highest BCUT2D eigenvalue weighted by atomic mass is 32.2. The normalized spacial score (nSPS) is 21.9. The molecule has 1 aromatic carbocycles. The van der Waals surface area contributed by atoms with Gasteiger partial charge in [-0.25, -0.2) is 13.2 Å². The molecule has 9 nitrogen and oxygen atoms in total. The SMILES string of the molecule is COC(=O)CN1CCN(S(=O)(=O)c2ccc3c(c2)n(C)c(=O)n3C)[C@H](C)[C@@H]1C. The lowest BCUT2D eigenvalue weighted by molar-refractivity contribution is -0.143. The van der Waals surface area contributed by atoms with Crippen LogP contribution in [-0.2, 0) is 33.7 Å². The molecule has 2 atom stereocenters. The number of fused-ring (bicyclic) bond motifs is 1. The first-order valence-corrected chi connectivity index (χ1v) is 10.5. The zero-order valence-corrected chi connectivity index (χ0v) is 17.6. The first kappa shape index (κ1) is 20.6. The van der Waals surface area contributed by atoms with Gasteiger partial charge in [-0.1, -0.05) is 0 Å². The number of nitrogens with zero attached hydrogens (tertiary/aromatic N) is 4. The molecule has 3 rings (SSSR count). The maximum Gasteiger partial charge on any atom is 0.328 e. The van der Waals surface area contributed by atoms with Crippen molar-refractivity contribution >= 4 is 27.0 Å². The molecule has 0 aliphatic carbocycles. The van der Waals surface area contributed by atoms with Crippen LogP contribution in [0.25, 0.3) is 11.0 Å². The summed E-state index contributed by atoms with van der Waals surface area (Å²) in [6.45, 7) is 4.58. The molecular weight excluding hydrogens is 384 g/mol. The third kappa shape index (κ3) is 3.25. The molecule has 0 saturated carbocycles. The van der Waals surface area contributed by atoms with Crippen LogP contribution >= 0.6 is 0 Å². The van der Waals surface area contributed by atoms with Crippen molar-refractivity contribution in [2.45, 2.75) is 30.8 Å². The largest absolute Gasteiger partial charge is 0.468 e. The molecule has 1 aliphatic rings. The molecule has 0 N–H and O–H groups in total. The summed E-state index contributed by atoms with van der Waals surface area (Å²) in [5.41, 5.74) is 1.04. The predicted molar refractivity (Wildman–Crippen MR) is 105 cm³/mol. The molecule has 0 amide bonds. The van der Waals surface area contributed by atoms with Crippen LogP contribution in [0.2, 0.25) is 0 Å². The van der Waals surface area contributed by atoms with E-state index in [9.17, 15) is 18.0 Å². The monoisotopic (exact) mass is 410 g/mol. The van der Waals surface area contributed by atoms with Crippen molar-refractivity contribution in [3.63, 3.8) is 0 Å². The van der Waals surface area contributed by atoms with Gasteiger partial charge in [0, 0.05) is 39.3 Å². The average molecular weight is 410 g/mol. The van der Waals surface area contributed by atoms with Gasteiger partial charge in [0.25, 0.3) is 0 Å². The zero-order valence-electron chi connectivity index (χ0n) is 16.7. The van der Waals surface area contributed by atoms with Gasteiger partial charge in [0.05, 0.1) is 29.6 Å². The predicted octanol–water partition coefficient (Wildman–Crippen LogP) is 0.133. The van der Waals surface area contributed by atoms with Crippen molar-refractivity contribution in [3.8, 4) is 0 Å². The number of carbonyl (C=O) groups is 1. The molecule has 1 aliphatic heterocycles. The molecule has 1 aromatic heterocycles. The van der Waals surface area contributed by atoms with E-state index in [0.717, 1.165) is 0 Å². The smallest absolute Gasteiger partial charge is 0.328 e. The Morgan fingerprint density at radius 2 is 1.75 bits per heavy atom. The molecule has 154 valence electrons. The number of aryl methyl sites for hydroxylation is 2. The third-order valence-corrected chi connectivity index (χ3v) is 7.73. The number of aromatic nitrogens is 2. The number of hydrogen-bond acceptors (Lipinski definition) is 6. The third-order valence-electron chi connectivity index (χ3n) is 5.75. The quantitative estimate of drug-likeness (QED) is 0.666. The molecule has 2 heterocycles. The van der Waals surface area contributed by atoms with E-state index in [2.05, 4.69) is 0 Å². The molecule has 2 aromatic rings. The summed E-state index contributed by atoms with van der Waals surface area (Å²) >= 11 is 0. The van der Waals surface area contributed by atoms with Crippen LogP contribution in [0.15, 0.2) is 27.9 Å². The highest BCUT2D eigenvalue weighted by Crippen LogP contribution is 2.26. The fourth-order valence-electron chi connectivity index (χ4n) is 3.75. The van der Waals surface area contributed by atoms with Crippen LogP contribution in [0.5, 0.6) is 0 Å². The summed E-state index contributed by atoms with van der Waals surface area (Å²) in [4.78, 5) is 25.8. The van der Waals surface area contributed by atoms with E-state index in [4.69, 9.17) is 4.74 Å². The standard InChI is InChI=1S/C18H26N4O5S/c1-12-13(2)22(9-8-21(12)11-17(23)27-5)28(25,26)14-6-7-15-16(10-14)20(4)18(24)19(15)3/h6-7,10,12-13H,8-9,11H2,1-5H3/t12-,13+/m0/s1. The molecule has 28 heavy (non-hydrogen) atoms. The number of rotatable bonds is 4. The van der Waals surface area contributed by atoms with Crippen molar-refractivity contribution in [1.29, 1.82) is 0 Å². The first-order chi connectivity index (χ1) is 13.1. The van der Waals surface area contributed by atoms with Crippen LogP contribution < -0.4 is 5.69 Å². The van der Waals surface area contributed by atoms with Crippen molar-refractivity contribution in [1.82, 2.24) is 18.3 Å². The van der Waals surface area contributed by atoms with Gasteiger partial charge in [-0.3, -0.25) is 18.8 Å². The lowest BCUT2D eigenvalue weighted by Gasteiger charge is -2.43. The Kier molecular flexibility index (Phi) is 5.39. The Bertz CT molecular complexity index is 1070.